The van der Waals surface area contributed by atoms with E-state index < -0.39 is 23.5 Å². The number of carbonyl (C=O) groups excluding carboxylic acids is 4. The molecule has 1 heterocycles. The molecule has 0 bridgehead atoms. The van der Waals surface area contributed by atoms with Gasteiger partial charge < -0.3 is 59.3 Å². The fourth-order valence-corrected chi connectivity index (χ4v) is 10.6. The van der Waals surface area contributed by atoms with E-state index in [0.717, 1.165) is 11.1 Å². The topological polar surface area (TPSA) is 208 Å². The Kier molecular flexibility index (Phi) is 20.7. The van der Waals surface area contributed by atoms with Crippen molar-refractivity contribution in [3.05, 3.63) is 94.0 Å². The smallest absolute Gasteiger partial charge is 0.251 e. The molecule has 1 saturated heterocycles. The van der Waals surface area contributed by atoms with E-state index in [1.165, 1.54) is 0 Å². The number of likely N-dealkylation sites (tertiary alicyclic amines) is 1. The molecule has 3 aliphatic rings. The van der Waals surface area contributed by atoms with Gasteiger partial charge in [0.1, 0.15) is 42.4 Å². The van der Waals surface area contributed by atoms with Crippen LogP contribution in [0.2, 0.25) is 5.02 Å². The molecule has 6 rings (SSSR count). The molecule has 0 unspecified atom stereocenters. The van der Waals surface area contributed by atoms with Gasteiger partial charge in [0.15, 0.2) is 0 Å². The van der Waals surface area contributed by atoms with Gasteiger partial charge in [0, 0.05) is 41.5 Å². The summed E-state index contributed by atoms with van der Waals surface area (Å²) in [5, 5.41) is 21.8. The molecule has 18 heteroatoms. The average Bonchev–Trinajstić information content (AvgIpc) is 4.01. The van der Waals surface area contributed by atoms with Crippen LogP contribution in [0.1, 0.15) is 101 Å². The molecule has 0 spiro atoms. The summed E-state index contributed by atoms with van der Waals surface area (Å²) >= 11 is 6.23. The predicted molar refractivity (Wildman–Crippen MR) is 280 cm³/mol. The van der Waals surface area contributed by atoms with Crippen LogP contribution >= 0.6 is 11.6 Å². The van der Waals surface area contributed by atoms with Gasteiger partial charge >= 0.3 is 0 Å². The summed E-state index contributed by atoms with van der Waals surface area (Å²) in [6.07, 6.45) is 1.35. The number of fused-ring (bicyclic) bond motifs is 1. The fraction of sp³-hybridized carbons (Fsp3) is 0.589. The second-order valence-corrected chi connectivity index (χ2v) is 21.8. The van der Waals surface area contributed by atoms with Crippen LogP contribution in [0.15, 0.2) is 66.7 Å². The highest BCUT2D eigenvalue weighted by Gasteiger charge is 2.64. The van der Waals surface area contributed by atoms with Gasteiger partial charge in [0.2, 0.25) is 17.7 Å². The lowest BCUT2D eigenvalue weighted by Crippen LogP contribution is -2.74. The number of carbonyl (C=O) groups is 4. The predicted octanol–water partition coefficient (Wildman–Crippen LogP) is 6.20. The molecule has 0 aromatic heterocycles. The largest absolute Gasteiger partial charge is 0.491 e. The van der Waals surface area contributed by atoms with Crippen LogP contribution in [0.25, 0.3) is 0 Å². The number of nitrogens with one attached hydrogen (secondary N) is 4. The highest BCUT2D eigenvalue weighted by molar-refractivity contribution is 6.31. The average molecular weight is 1050 g/mol. The molecule has 3 aromatic rings. The Labute approximate surface area is 441 Å². The van der Waals surface area contributed by atoms with Crippen LogP contribution in [0.3, 0.4) is 0 Å². The lowest BCUT2D eigenvalue weighted by molar-refractivity contribution is -0.164. The molecule has 2 aliphatic carbocycles. The summed E-state index contributed by atoms with van der Waals surface area (Å²) in [7, 11) is 1.69. The number of benzene rings is 3. The van der Waals surface area contributed by atoms with Crippen molar-refractivity contribution >= 4 is 35.2 Å². The first-order chi connectivity index (χ1) is 35.3. The monoisotopic (exact) mass is 1040 g/mol. The number of halogens is 1. The SMILES string of the molecule is CN[C@@H](C)C(=O)N[C@H](C(=O)N1CCC[C@H]1C(=O)N[C@H]1c2ccccc2C[C@H]1OCCOCCOCCOCCOCCOc1ccc(C(=O)NC2C(C)(C)C(Oc3ccc(C#N)c(Cl)c3)C2(C)C)cc1)C(C)(C)C. The standard InChI is InChI=1S/C56H77ClN6O11/c1-36(59-9)48(64)61-47(54(2,3)4)51(67)63-22-12-15-44(63)50(66)60-46-42-14-11-10-13-38(42)33-45(46)73-32-30-71-28-26-69-24-23-68-25-27-70-29-31-72-40-19-16-37(17-20-40)49(65)62-52-55(5,6)53(56(52,7)8)74-41-21-18-39(35-58)43(57)34-41/h10-11,13-14,16-21,34,36,44-47,52-53,59H,12,15,22-33H2,1-9H3,(H,60,66)(H,61,64)(H,62,65)/t36-,44-,45+,46-,47+,52?,53?/m0/s1. The maximum absolute atomic E-state index is 14.0. The zero-order valence-corrected chi connectivity index (χ0v) is 45.3. The Morgan fingerprint density at radius 2 is 1.41 bits per heavy atom. The number of nitriles is 1. The van der Waals surface area contributed by atoms with Gasteiger partial charge in [-0.15, -0.1) is 0 Å². The van der Waals surface area contributed by atoms with E-state index in [1.807, 2.05) is 45.0 Å². The molecule has 17 nitrogen and oxygen atoms in total. The molecule has 1 saturated carbocycles. The van der Waals surface area contributed by atoms with Gasteiger partial charge in [-0.3, -0.25) is 19.2 Å². The van der Waals surface area contributed by atoms with Crippen LogP contribution in [0.4, 0.5) is 0 Å². The minimum atomic E-state index is -0.794. The molecular weight excluding hydrogens is 968 g/mol. The van der Waals surface area contributed by atoms with E-state index in [4.69, 9.17) is 44.8 Å². The van der Waals surface area contributed by atoms with Crippen molar-refractivity contribution < 1.29 is 52.3 Å². The first kappa shape index (κ1) is 57.9. The van der Waals surface area contributed by atoms with Crippen LogP contribution < -0.4 is 30.7 Å². The molecule has 5 atom stereocenters. The van der Waals surface area contributed by atoms with E-state index in [1.54, 1.807) is 61.3 Å². The Morgan fingerprint density at radius 3 is 2.00 bits per heavy atom. The molecule has 1 aliphatic heterocycles. The van der Waals surface area contributed by atoms with Crippen LogP contribution in [-0.4, -0.2) is 145 Å². The number of rotatable bonds is 27. The fourth-order valence-electron chi connectivity index (χ4n) is 10.4. The number of ether oxygens (including phenoxy) is 7. The van der Waals surface area contributed by atoms with Crippen molar-refractivity contribution in [2.45, 2.75) is 117 Å². The summed E-state index contributed by atoms with van der Waals surface area (Å²) < 4.78 is 41.2. The Bertz CT molecular complexity index is 2390. The second-order valence-electron chi connectivity index (χ2n) is 21.4. The Morgan fingerprint density at radius 1 is 0.811 bits per heavy atom. The lowest BCUT2D eigenvalue weighted by Gasteiger charge is -2.63. The molecule has 404 valence electrons. The lowest BCUT2D eigenvalue weighted by atomic mass is 9.49. The third-order valence-electron chi connectivity index (χ3n) is 14.3. The van der Waals surface area contributed by atoms with E-state index in [9.17, 15) is 24.4 Å². The van der Waals surface area contributed by atoms with E-state index >= 15 is 0 Å². The van der Waals surface area contributed by atoms with Crippen LogP contribution in [0.5, 0.6) is 11.5 Å². The van der Waals surface area contributed by atoms with Crippen molar-refractivity contribution in [1.82, 2.24) is 26.2 Å². The van der Waals surface area contributed by atoms with Gasteiger partial charge in [-0.2, -0.15) is 5.26 Å². The van der Waals surface area contributed by atoms with Gasteiger partial charge in [-0.05, 0) is 79.8 Å². The number of nitrogens with zero attached hydrogens (tertiary/aromatic N) is 2. The summed E-state index contributed by atoms with van der Waals surface area (Å²) in [6.45, 7) is 20.0. The van der Waals surface area contributed by atoms with Crippen molar-refractivity contribution in [3.8, 4) is 17.6 Å². The van der Waals surface area contributed by atoms with Gasteiger partial charge in [-0.1, -0.05) is 84.3 Å². The number of hydrogen-bond donors (Lipinski definition) is 4. The molecule has 0 radical (unpaired) electrons. The van der Waals surface area contributed by atoms with Gasteiger partial charge in [0.25, 0.3) is 5.91 Å². The second kappa shape index (κ2) is 26.4. The zero-order valence-electron chi connectivity index (χ0n) is 44.6. The quantitative estimate of drug-likeness (QED) is 0.0629. The highest BCUT2D eigenvalue weighted by Crippen LogP contribution is 2.55. The first-order valence-electron chi connectivity index (χ1n) is 25.8. The maximum atomic E-state index is 14.0. The van der Waals surface area contributed by atoms with Crippen molar-refractivity contribution in [3.63, 3.8) is 0 Å². The minimum absolute atomic E-state index is 0.159. The Balaban J connectivity index is 0.798. The molecule has 4 N–H and O–H groups in total. The molecular formula is C56H77ClN6O11. The molecule has 4 amide bonds. The van der Waals surface area contributed by atoms with Gasteiger partial charge in [-0.25, -0.2) is 0 Å². The van der Waals surface area contributed by atoms with Crippen molar-refractivity contribution in [2.24, 2.45) is 16.2 Å². The summed E-state index contributed by atoms with van der Waals surface area (Å²) in [6, 6.07) is 19.6. The number of hydrogen-bond acceptors (Lipinski definition) is 13. The molecule has 74 heavy (non-hydrogen) atoms. The van der Waals surface area contributed by atoms with E-state index in [2.05, 4.69) is 55.0 Å². The number of amides is 4. The van der Waals surface area contributed by atoms with Gasteiger partial charge in [0.05, 0.1) is 88.2 Å². The highest BCUT2D eigenvalue weighted by atomic mass is 35.5. The van der Waals surface area contributed by atoms with E-state index in [-0.39, 0.29) is 58.8 Å². The first-order valence-corrected chi connectivity index (χ1v) is 26.1. The van der Waals surface area contributed by atoms with Crippen LogP contribution in [0, 0.1) is 27.6 Å². The van der Waals surface area contributed by atoms with E-state index in [0.29, 0.717) is 120 Å². The third-order valence-corrected chi connectivity index (χ3v) is 14.6. The Hall–Kier alpha value is -5.32. The minimum Gasteiger partial charge on any atom is -0.491 e. The van der Waals surface area contributed by atoms with Crippen molar-refractivity contribution in [1.29, 1.82) is 5.26 Å². The molecule has 2 fully saturated rings. The van der Waals surface area contributed by atoms with Crippen LogP contribution in [-0.2, 0) is 44.5 Å². The summed E-state index contributed by atoms with van der Waals surface area (Å²) in [5.41, 5.74) is 1.68. The number of likely N-dealkylation sites (N-methyl/N-ethyl adjacent to an activating group) is 1. The summed E-state index contributed by atoms with van der Waals surface area (Å²) in [5.74, 6) is 0.260. The summed E-state index contributed by atoms with van der Waals surface area (Å²) in [4.78, 5) is 55.7. The maximum Gasteiger partial charge on any atom is 0.251 e. The third kappa shape index (κ3) is 14.7. The zero-order chi connectivity index (χ0) is 53.6. The molecule has 3 aromatic carbocycles. The van der Waals surface area contributed by atoms with Crippen molar-refractivity contribution in [2.75, 3.05) is 79.7 Å². The normalized spacial score (nSPS) is 21.4.